The summed E-state index contributed by atoms with van der Waals surface area (Å²) in [6.45, 7) is 0.187. The van der Waals surface area contributed by atoms with E-state index in [9.17, 15) is 26.3 Å². The van der Waals surface area contributed by atoms with Crippen molar-refractivity contribution in [2.24, 2.45) is 11.5 Å². The lowest BCUT2D eigenvalue weighted by molar-refractivity contribution is -0.125. The van der Waals surface area contributed by atoms with Crippen molar-refractivity contribution in [1.29, 1.82) is 0 Å². The van der Waals surface area contributed by atoms with Gasteiger partial charge in [-0.25, -0.2) is 9.97 Å². The highest BCUT2D eigenvalue weighted by Crippen LogP contribution is 2.38. The van der Waals surface area contributed by atoms with E-state index in [1.807, 2.05) is 0 Å². The van der Waals surface area contributed by atoms with Crippen LogP contribution in [0.2, 0.25) is 0 Å². The summed E-state index contributed by atoms with van der Waals surface area (Å²) in [6, 6.07) is 3.40. The molecule has 0 bridgehead atoms. The fourth-order valence-electron chi connectivity index (χ4n) is 3.58. The Morgan fingerprint density at radius 2 is 1.92 bits per heavy atom. The Bertz CT molecular complexity index is 1260. The molecule has 0 saturated heterocycles. The first-order valence-electron chi connectivity index (χ1n) is 10.9. The van der Waals surface area contributed by atoms with Gasteiger partial charge in [-0.15, -0.1) is 0 Å². The van der Waals surface area contributed by atoms with E-state index in [1.54, 1.807) is 24.2 Å². The van der Waals surface area contributed by atoms with E-state index in [0.29, 0.717) is 16.5 Å². The summed E-state index contributed by atoms with van der Waals surface area (Å²) in [5, 5.41) is 6.04. The third kappa shape index (κ3) is 7.41. The van der Waals surface area contributed by atoms with Crippen LogP contribution in [0.15, 0.2) is 78.6 Å². The van der Waals surface area contributed by atoms with Crippen LogP contribution in [-0.2, 0) is 6.54 Å². The molecule has 1 aliphatic rings. The van der Waals surface area contributed by atoms with Gasteiger partial charge in [-0.2, -0.15) is 26.3 Å². The number of halogens is 6. The number of benzene rings is 1. The second-order valence-corrected chi connectivity index (χ2v) is 8.07. The fourth-order valence-corrected chi connectivity index (χ4v) is 3.58. The van der Waals surface area contributed by atoms with Gasteiger partial charge in [0.05, 0.1) is 35.8 Å². The third-order valence-corrected chi connectivity index (χ3v) is 5.19. The predicted molar refractivity (Wildman–Crippen MR) is 129 cm³/mol. The molecular weight excluding hydrogens is 500 g/mol. The smallest absolute Gasteiger partial charge is 0.403 e. The quantitative estimate of drug-likeness (QED) is 0.288. The second kappa shape index (κ2) is 11.3. The third-order valence-electron chi connectivity index (χ3n) is 5.19. The minimum absolute atomic E-state index is 0.135. The summed E-state index contributed by atoms with van der Waals surface area (Å²) in [5.74, 6) is 0.500. The van der Waals surface area contributed by atoms with Crippen LogP contribution in [0.25, 0.3) is 10.9 Å². The minimum atomic E-state index is -4.55. The van der Waals surface area contributed by atoms with Gasteiger partial charge in [-0.3, -0.25) is 0 Å². The Labute approximate surface area is 208 Å². The van der Waals surface area contributed by atoms with E-state index in [2.05, 4.69) is 20.6 Å². The molecule has 0 radical (unpaired) electrons. The summed E-state index contributed by atoms with van der Waals surface area (Å²) < 4.78 is 78.4. The molecule has 3 rings (SSSR count). The van der Waals surface area contributed by atoms with Crippen molar-refractivity contribution < 1.29 is 26.3 Å². The summed E-state index contributed by atoms with van der Waals surface area (Å²) in [6.07, 6.45) is -0.361. The molecule has 6 N–H and O–H groups in total. The number of hydrogen-bond donors (Lipinski definition) is 4. The van der Waals surface area contributed by atoms with Crippen LogP contribution in [-0.4, -0.2) is 34.3 Å². The Hall–Kier alpha value is -4.16. The van der Waals surface area contributed by atoms with Gasteiger partial charge in [-0.1, -0.05) is 18.2 Å². The van der Waals surface area contributed by atoms with Gasteiger partial charge >= 0.3 is 12.4 Å². The van der Waals surface area contributed by atoms with Crippen LogP contribution in [0, 0.1) is 0 Å². The molecule has 1 aromatic heterocycles. The summed E-state index contributed by atoms with van der Waals surface area (Å²) in [4.78, 5) is 10.6. The first-order chi connectivity index (χ1) is 17.4. The van der Waals surface area contributed by atoms with Crippen LogP contribution in [0.5, 0.6) is 0 Å². The van der Waals surface area contributed by atoms with Crippen LogP contribution < -0.4 is 22.1 Å². The predicted octanol–water partition coefficient (Wildman–Crippen LogP) is 4.86. The lowest BCUT2D eigenvalue weighted by atomic mass is 9.95. The molecule has 1 aromatic carbocycles. The number of dihydropyridines is 1. The zero-order valence-corrected chi connectivity index (χ0v) is 19.6. The van der Waals surface area contributed by atoms with E-state index >= 15 is 0 Å². The van der Waals surface area contributed by atoms with Crippen LogP contribution >= 0.6 is 0 Å². The standard InChI is InChI=1S/C24H25F6N7/c1-37(11-9-31)14-20-35-19-12-15(21-18(24(28,29)30)5-3-10-33-21)6-7-17(19)22(36-20)34-16(13-32)4-2-8-23(25,26)27/h2-7,9-13,21,33H,8,14,31-32H2,1H3,(H,34,35,36)/b4-2-,11-9-,16-13+. The Kier molecular flexibility index (Phi) is 8.35. The lowest BCUT2D eigenvalue weighted by Crippen LogP contribution is -2.28. The van der Waals surface area contributed by atoms with Gasteiger partial charge in [0.2, 0.25) is 0 Å². The number of fused-ring (bicyclic) bond motifs is 1. The van der Waals surface area contributed by atoms with Crippen LogP contribution in [0.4, 0.5) is 32.2 Å². The van der Waals surface area contributed by atoms with Crippen molar-refractivity contribution in [3.8, 4) is 0 Å². The number of aromatic nitrogens is 2. The van der Waals surface area contributed by atoms with Gasteiger partial charge in [0, 0.05) is 31.0 Å². The summed E-state index contributed by atoms with van der Waals surface area (Å²) >= 11 is 0. The van der Waals surface area contributed by atoms with E-state index in [0.717, 1.165) is 24.4 Å². The monoisotopic (exact) mass is 525 g/mol. The topological polar surface area (TPSA) is 105 Å². The zero-order valence-electron chi connectivity index (χ0n) is 19.6. The molecule has 0 aliphatic carbocycles. The van der Waals surface area contributed by atoms with Crippen molar-refractivity contribution in [2.45, 2.75) is 31.4 Å². The molecule has 0 spiro atoms. The number of rotatable bonds is 8. The molecule has 13 heteroatoms. The average molecular weight is 526 g/mol. The molecule has 1 unspecified atom stereocenters. The van der Waals surface area contributed by atoms with Gasteiger partial charge in [0.1, 0.15) is 5.82 Å². The van der Waals surface area contributed by atoms with Gasteiger partial charge < -0.3 is 27.0 Å². The molecule has 0 saturated carbocycles. The number of allylic oxidation sites excluding steroid dienone is 4. The minimum Gasteiger partial charge on any atom is -0.403 e. The summed E-state index contributed by atoms with van der Waals surface area (Å²) in [7, 11) is 1.71. The van der Waals surface area contributed by atoms with Crippen molar-refractivity contribution in [2.75, 3.05) is 12.4 Å². The average Bonchev–Trinajstić information content (AvgIpc) is 2.81. The maximum absolute atomic E-state index is 13.6. The Balaban J connectivity index is 2.05. The number of alkyl halides is 6. The van der Waals surface area contributed by atoms with Crippen molar-refractivity contribution >= 4 is 16.7 Å². The van der Waals surface area contributed by atoms with Crippen LogP contribution in [0.1, 0.15) is 23.9 Å². The Morgan fingerprint density at radius 1 is 1.16 bits per heavy atom. The molecule has 0 fully saturated rings. The molecule has 37 heavy (non-hydrogen) atoms. The molecular formula is C24H25F6N7. The molecule has 2 heterocycles. The van der Waals surface area contributed by atoms with Crippen molar-refractivity contribution in [3.05, 3.63) is 90.0 Å². The molecule has 2 aromatic rings. The van der Waals surface area contributed by atoms with Gasteiger partial charge in [-0.05, 0) is 36.0 Å². The molecule has 198 valence electrons. The lowest BCUT2D eigenvalue weighted by Gasteiger charge is -2.26. The highest BCUT2D eigenvalue weighted by molar-refractivity contribution is 5.90. The first kappa shape index (κ1) is 27.4. The van der Waals surface area contributed by atoms with Gasteiger partial charge in [0.15, 0.2) is 5.82 Å². The Morgan fingerprint density at radius 3 is 2.57 bits per heavy atom. The molecule has 7 nitrogen and oxygen atoms in total. The van der Waals surface area contributed by atoms with E-state index in [1.165, 1.54) is 30.6 Å². The van der Waals surface area contributed by atoms with Crippen LogP contribution in [0.3, 0.4) is 0 Å². The van der Waals surface area contributed by atoms with Crippen molar-refractivity contribution in [3.63, 3.8) is 0 Å². The number of nitrogens with two attached hydrogens (primary N) is 2. The van der Waals surface area contributed by atoms with Crippen molar-refractivity contribution in [1.82, 2.24) is 20.2 Å². The highest BCUT2D eigenvalue weighted by atomic mass is 19.4. The molecule has 0 amide bonds. The maximum Gasteiger partial charge on any atom is 0.414 e. The number of hydrogen-bond acceptors (Lipinski definition) is 7. The summed E-state index contributed by atoms with van der Waals surface area (Å²) in [5.41, 5.74) is 11.0. The SMILES string of the molecule is CN(/C=C\N)Cc1nc(NC(/C=C\CC(F)(F)F)=C/N)c2ccc(C3NC=CC=C3C(F)(F)F)cc2n1. The van der Waals surface area contributed by atoms with E-state index in [-0.39, 0.29) is 23.9 Å². The van der Waals surface area contributed by atoms with E-state index < -0.39 is 30.4 Å². The number of nitrogens with zero attached hydrogens (tertiary/aromatic N) is 3. The zero-order chi connectivity index (χ0) is 27.2. The normalized spacial score (nSPS) is 16.9. The number of anilines is 1. The second-order valence-electron chi connectivity index (χ2n) is 8.07. The maximum atomic E-state index is 13.6. The highest BCUT2D eigenvalue weighted by Gasteiger charge is 2.39. The van der Waals surface area contributed by atoms with E-state index in [4.69, 9.17) is 11.5 Å². The molecule has 1 aliphatic heterocycles. The first-order valence-corrected chi connectivity index (χ1v) is 10.9. The largest absolute Gasteiger partial charge is 0.414 e. The number of nitrogens with one attached hydrogen (secondary N) is 2. The molecule has 1 atom stereocenters. The fraction of sp³-hybridized carbons (Fsp3) is 0.250. The van der Waals surface area contributed by atoms with Gasteiger partial charge in [0.25, 0.3) is 0 Å².